The highest BCUT2D eigenvalue weighted by molar-refractivity contribution is 7.90. The summed E-state index contributed by atoms with van der Waals surface area (Å²) >= 11 is 0. The first-order chi connectivity index (χ1) is 12.7. The number of aryl methyl sites for hydroxylation is 1. The molecule has 2 aromatic carbocycles. The van der Waals surface area contributed by atoms with E-state index in [2.05, 4.69) is 5.32 Å². The molecule has 7 nitrogen and oxygen atoms in total. The van der Waals surface area contributed by atoms with Crippen molar-refractivity contribution >= 4 is 27.4 Å². The molecule has 0 saturated heterocycles. The minimum absolute atomic E-state index is 0.0261. The van der Waals surface area contributed by atoms with Crippen LogP contribution in [-0.2, 0) is 30.6 Å². The maximum absolute atomic E-state index is 12.0. The SMILES string of the molecule is COc1ccc(C)cc1CC(=O)OCC(=O)Nc1cccc(S(C)(=O)=O)c1. The summed E-state index contributed by atoms with van der Waals surface area (Å²) in [6.07, 6.45) is 1.05. The summed E-state index contributed by atoms with van der Waals surface area (Å²) in [6.45, 7) is 1.42. The van der Waals surface area contributed by atoms with E-state index >= 15 is 0 Å². The molecule has 0 bridgehead atoms. The Labute approximate surface area is 158 Å². The molecule has 8 heteroatoms. The maximum Gasteiger partial charge on any atom is 0.310 e. The number of esters is 1. The molecule has 0 aromatic heterocycles. The zero-order valence-electron chi connectivity index (χ0n) is 15.3. The summed E-state index contributed by atoms with van der Waals surface area (Å²) in [5.41, 5.74) is 1.95. The van der Waals surface area contributed by atoms with Crippen LogP contribution in [-0.4, -0.2) is 40.3 Å². The topological polar surface area (TPSA) is 98.8 Å². The van der Waals surface area contributed by atoms with Gasteiger partial charge in [0.1, 0.15) is 5.75 Å². The highest BCUT2D eigenvalue weighted by atomic mass is 32.2. The molecule has 0 aliphatic rings. The second-order valence-corrected chi connectivity index (χ2v) is 8.02. The van der Waals surface area contributed by atoms with Crippen LogP contribution in [0.5, 0.6) is 5.75 Å². The number of benzene rings is 2. The van der Waals surface area contributed by atoms with Crippen LogP contribution in [0, 0.1) is 6.92 Å². The van der Waals surface area contributed by atoms with Crippen molar-refractivity contribution in [3.8, 4) is 5.75 Å². The smallest absolute Gasteiger partial charge is 0.310 e. The Hall–Kier alpha value is -2.87. The monoisotopic (exact) mass is 391 g/mol. The van der Waals surface area contributed by atoms with Crippen LogP contribution in [0.4, 0.5) is 5.69 Å². The van der Waals surface area contributed by atoms with Gasteiger partial charge in [0.15, 0.2) is 16.4 Å². The van der Waals surface area contributed by atoms with Gasteiger partial charge in [-0.2, -0.15) is 0 Å². The summed E-state index contributed by atoms with van der Waals surface area (Å²) in [5.74, 6) is -0.566. The van der Waals surface area contributed by atoms with Crippen LogP contribution >= 0.6 is 0 Å². The van der Waals surface area contributed by atoms with Crippen LogP contribution in [0.25, 0.3) is 0 Å². The molecule has 0 atom stereocenters. The molecule has 27 heavy (non-hydrogen) atoms. The van der Waals surface area contributed by atoms with E-state index in [0.717, 1.165) is 11.8 Å². The molecule has 1 amide bonds. The van der Waals surface area contributed by atoms with Crippen molar-refractivity contribution in [3.63, 3.8) is 0 Å². The Balaban J connectivity index is 1.92. The van der Waals surface area contributed by atoms with Crippen LogP contribution < -0.4 is 10.1 Å². The summed E-state index contributed by atoms with van der Waals surface area (Å²) in [4.78, 5) is 24.0. The predicted molar refractivity (Wildman–Crippen MR) is 101 cm³/mol. The molecular formula is C19H21NO6S. The Bertz CT molecular complexity index is 952. The normalized spacial score (nSPS) is 10.9. The molecule has 0 saturated carbocycles. The van der Waals surface area contributed by atoms with Crippen molar-refractivity contribution in [1.82, 2.24) is 0 Å². The second kappa shape index (κ2) is 8.68. The number of carbonyl (C=O) groups is 2. The highest BCUT2D eigenvalue weighted by Gasteiger charge is 2.13. The Kier molecular flexibility index (Phi) is 6.57. The molecule has 0 aliphatic heterocycles. The van der Waals surface area contributed by atoms with Crippen LogP contribution in [0.15, 0.2) is 47.4 Å². The molecular weight excluding hydrogens is 370 g/mol. The Morgan fingerprint density at radius 2 is 1.85 bits per heavy atom. The van der Waals surface area contributed by atoms with Crippen LogP contribution in [0.3, 0.4) is 0 Å². The average Bonchev–Trinajstić information content (AvgIpc) is 2.60. The van der Waals surface area contributed by atoms with E-state index in [0.29, 0.717) is 17.0 Å². The number of rotatable bonds is 7. The van der Waals surface area contributed by atoms with E-state index in [9.17, 15) is 18.0 Å². The van der Waals surface area contributed by atoms with E-state index < -0.39 is 28.3 Å². The lowest BCUT2D eigenvalue weighted by atomic mass is 10.1. The third-order valence-corrected chi connectivity index (χ3v) is 4.79. The van der Waals surface area contributed by atoms with E-state index in [-0.39, 0.29) is 11.3 Å². The van der Waals surface area contributed by atoms with Gasteiger partial charge in [0, 0.05) is 17.5 Å². The maximum atomic E-state index is 12.0. The second-order valence-electron chi connectivity index (χ2n) is 6.00. The van der Waals surface area contributed by atoms with Gasteiger partial charge in [0.25, 0.3) is 5.91 Å². The number of carbonyl (C=O) groups excluding carboxylic acids is 2. The fourth-order valence-electron chi connectivity index (χ4n) is 2.40. The number of hydrogen-bond acceptors (Lipinski definition) is 6. The minimum atomic E-state index is -3.38. The first-order valence-corrected chi connectivity index (χ1v) is 9.97. The van der Waals surface area contributed by atoms with Crippen molar-refractivity contribution in [2.24, 2.45) is 0 Å². The van der Waals surface area contributed by atoms with Gasteiger partial charge in [-0.3, -0.25) is 9.59 Å². The van der Waals surface area contributed by atoms with Gasteiger partial charge in [-0.1, -0.05) is 23.8 Å². The molecule has 0 spiro atoms. The lowest BCUT2D eigenvalue weighted by molar-refractivity contribution is -0.146. The fraction of sp³-hybridized carbons (Fsp3) is 0.263. The summed E-state index contributed by atoms with van der Waals surface area (Å²) < 4.78 is 33.3. The number of sulfone groups is 1. The molecule has 0 radical (unpaired) electrons. The van der Waals surface area contributed by atoms with Crippen LogP contribution in [0.1, 0.15) is 11.1 Å². The molecule has 2 aromatic rings. The first kappa shape index (κ1) is 20.4. The molecule has 1 N–H and O–H groups in total. The van der Waals surface area contributed by atoms with Gasteiger partial charge < -0.3 is 14.8 Å². The lowest BCUT2D eigenvalue weighted by Gasteiger charge is -2.10. The zero-order valence-corrected chi connectivity index (χ0v) is 16.1. The Morgan fingerprint density at radius 3 is 2.52 bits per heavy atom. The van der Waals surface area contributed by atoms with Crippen molar-refractivity contribution in [3.05, 3.63) is 53.6 Å². The molecule has 0 heterocycles. The molecule has 2 rings (SSSR count). The molecule has 0 aliphatic carbocycles. The fourth-order valence-corrected chi connectivity index (χ4v) is 3.07. The largest absolute Gasteiger partial charge is 0.496 e. The van der Waals surface area contributed by atoms with Gasteiger partial charge in [-0.15, -0.1) is 0 Å². The average molecular weight is 391 g/mol. The standard InChI is InChI=1S/C19H21NO6S/c1-13-7-8-17(25-2)14(9-13)10-19(22)26-12-18(21)20-15-5-4-6-16(11-15)27(3,23)24/h4-9,11H,10,12H2,1-3H3,(H,20,21). The zero-order chi connectivity index (χ0) is 20.0. The van der Waals surface area contributed by atoms with Crippen molar-refractivity contribution < 1.29 is 27.5 Å². The van der Waals surface area contributed by atoms with Gasteiger partial charge in [-0.05, 0) is 31.2 Å². The van der Waals surface area contributed by atoms with Crippen molar-refractivity contribution in [2.45, 2.75) is 18.2 Å². The first-order valence-electron chi connectivity index (χ1n) is 8.08. The minimum Gasteiger partial charge on any atom is -0.496 e. The number of ether oxygens (including phenoxy) is 2. The predicted octanol–water partition coefficient (Wildman–Crippen LogP) is 2.13. The summed E-state index contributed by atoms with van der Waals surface area (Å²) in [5, 5.41) is 2.50. The highest BCUT2D eigenvalue weighted by Crippen LogP contribution is 2.20. The van der Waals surface area contributed by atoms with Crippen molar-refractivity contribution in [1.29, 1.82) is 0 Å². The summed E-state index contributed by atoms with van der Waals surface area (Å²) in [6, 6.07) is 11.3. The van der Waals surface area contributed by atoms with E-state index in [1.165, 1.54) is 25.3 Å². The Morgan fingerprint density at radius 1 is 1.11 bits per heavy atom. The van der Waals surface area contributed by atoms with E-state index in [1.807, 2.05) is 19.1 Å². The van der Waals surface area contributed by atoms with E-state index in [4.69, 9.17) is 9.47 Å². The third-order valence-electron chi connectivity index (χ3n) is 3.68. The van der Waals surface area contributed by atoms with E-state index in [1.54, 1.807) is 12.1 Å². The quantitative estimate of drug-likeness (QED) is 0.726. The molecule has 0 fully saturated rings. The lowest BCUT2D eigenvalue weighted by Crippen LogP contribution is -2.21. The molecule has 0 unspecified atom stereocenters. The van der Waals surface area contributed by atoms with Gasteiger partial charge in [-0.25, -0.2) is 8.42 Å². The number of anilines is 1. The van der Waals surface area contributed by atoms with Gasteiger partial charge in [0.2, 0.25) is 0 Å². The van der Waals surface area contributed by atoms with Gasteiger partial charge >= 0.3 is 5.97 Å². The number of nitrogens with one attached hydrogen (secondary N) is 1. The number of amides is 1. The number of hydrogen-bond donors (Lipinski definition) is 1. The van der Waals surface area contributed by atoms with Crippen molar-refractivity contribution in [2.75, 3.05) is 25.3 Å². The van der Waals surface area contributed by atoms with Crippen LogP contribution in [0.2, 0.25) is 0 Å². The summed E-state index contributed by atoms with van der Waals surface area (Å²) in [7, 11) is -1.87. The third kappa shape index (κ3) is 6.10. The van der Waals surface area contributed by atoms with Gasteiger partial charge in [0.05, 0.1) is 18.4 Å². The molecule has 144 valence electrons. The number of methoxy groups -OCH3 is 1.